The number of hydrogen-bond donors (Lipinski definition) is 0. The van der Waals surface area contributed by atoms with E-state index < -0.39 is 0 Å². The van der Waals surface area contributed by atoms with Crippen molar-refractivity contribution in [1.82, 2.24) is 0 Å². The van der Waals surface area contributed by atoms with E-state index in [1.807, 2.05) is 25.1 Å². The van der Waals surface area contributed by atoms with Crippen molar-refractivity contribution in [1.29, 1.82) is 0 Å². The standard InChI is InChI=1S/C15H14O3/c1-3-4-10-8-14(16)18-15-11(10)5-6-13-12(15)7-9(2)17-13/h5-8H,3-4H2,1-2H3. The van der Waals surface area contributed by atoms with Crippen LogP contribution in [0.5, 0.6) is 0 Å². The van der Waals surface area contributed by atoms with E-state index in [1.165, 1.54) is 0 Å². The van der Waals surface area contributed by atoms with Crippen LogP contribution in [0.2, 0.25) is 0 Å². The number of fused-ring (bicyclic) bond motifs is 3. The van der Waals surface area contributed by atoms with Gasteiger partial charge in [0, 0.05) is 11.5 Å². The maximum atomic E-state index is 11.6. The van der Waals surface area contributed by atoms with Crippen LogP contribution >= 0.6 is 0 Å². The molecule has 0 atom stereocenters. The predicted octanol–water partition coefficient (Wildman–Crippen LogP) is 3.80. The van der Waals surface area contributed by atoms with Crippen molar-refractivity contribution in [2.75, 3.05) is 0 Å². The molecule has 3 aromatic rings. The van der Waals surface area contributed by atoms with Gasteiger partial charge < -0.3 is 8.83 Å². The third-order valence-corrected chi connectivity index (χ3v) is 3.13. The molecule has 0 aliphatic carbocycles. The van der Waals surface area contributed by atoms with E-state index in [9.17, 15) is 4.79 Å². The van der Waals surface area contributed by atoms with Gasteiger partial charge in [-0.2, -0.15) is 0 Å². The van der Waals surface area contributed by atoms with Crippen LogP contribution in [0.3, 0.4) is 0 Å². The highest BCUT2D eigenvalue weighted by Gasteiger charge is 2.11. The maximum absolute atomic E-state index is 11.6. The largest absolute Gasteiger partial charge is 0.461 e. The number of benzene rings is 1. The molecule has 3 nitrogen and oxygen atoms in total. The molecule has 2 aromatic heterocycles. The molecule has 0 aliphatic heterocycles. The molecular weight excluding hydrogens is 228 g/mol. The molecule has 0 bridgehead atoms. The van der Waals surface area contributed by atoms with Gasteiger partial charge in [-0.15, -0.1) is 0 Å². The first-order chi connectivity index (χ1) is 8.69. The van der Waals surface area contributed by atoms with Crippen LogP contribution in [-0.2, 0) is 6.42 Å². The minimum absolute atomic E-state index is 0.294. The highest BCUT2D eigenvalue weighted by Crippen LogP contribution is 2.29. The molecule has 0 unspecified atom stereocenters. The summed E-state index contributed by atoms with van der Waals surface area (Å²) < 4.78 is 10.9. The summed E-state index contributed by atoms with van der Waals surface area (Å²) in [4.78, 5) is 11.6. The molecule has 0 spiro atoms. The van der Waals surface area contributed by atoms with Crippen molar-refractivity contribution in [3.8, 4) is 0 Å². The minimum Gasteiger partial charge on any atom is -0.461 e. The van der Waals surface area contributed by atoms with Gasteiger partial charge in [0.1, 0.15) is 16.9 Å². The topological polar surface area (TPSA) is 43.4 Å². The summed E-state index contributed by atoms with van der Waals surface area (Å²) in [6.45, 7) is 3.99. The Morgan fingerprint density at radius 3 is 2.72 bits per heavy atom. The van der Waals surface area contributed by atoms with Crippen LogP contribution in [0, 0.1) is 6.92 Å². The van der Waals surface area contributed by atoms with Gasteiger partial charge in [-0.3, -0.25) is 0 Å². The van der Waals surface area contributed by atoms with Crippen LogP contribution < -0.4 is 5.63 Å². The highest BCUT2D eigenvalue weighted by atomic mass is 16.4. The third kappa shape index (κ3) is 1.63. The van der Waals surface area contributed by atoms with Crippen molar-refractivity contribution < 1.29 is 8.83 Å². The van der Waals surface area contributed by atoms with Crippen molar-refractivity contribution in [3.63, 3.8) is 0 Å². The molecule has 3 rings (SSSR count). The van der Waals surface area contributed by atoms with Gasteiger partial charge >= 0.3 is 5.63 Å². The van der Waals surface area contributed by atoms with E-state index in [4.69, 9.17) is 8.83 Å². The van der Waals surface area contributed by atoms with Crippen molar-refractivity contribution in [3.05, 3.63) is 46.0 Å². The number of aryl methyl sites for hydroxylation is 2. The average molecular weight is 242 g/mol. The lowest BCUT2D eigenvalue weighted by atomic mass is 10.0. The zero-order valence-electron chi connectivity index (χ0n) is 10.4. The average Bonchev–Trinajstić information content (AvgIpc) is 2.70. The molecule has 0 saturated heterocycles. The van der Waals surface area contributed by atoms with E-state index in [0.717, 1.165) is 40.5 Å². The maximum Gasteiger partial charge on any atom is 0.336 e. The summed E-state index contributed by atoms with van der Waals surface area (Å²) >= 11 is 0. The summed E-state index contributed by atoms with van der Waals surface area (Å²) in [5.74, 6) is 0.820. The molecule has 18 heavy (non-hydrogen) atoms. The van der Waals surface area contributed by atoms with Gasteiger partial charge in [0.25, 0.3) is 0 Å². The van der Waals surface area contributed by atoms with E-state index in [1.54, 1.807) is 6.07 Å². The fourth-order valence-electron chi connectivity index (χ4n) is 2.40. The lowest BCUT2D eigenvalue weighted by Crippen LogP contribution is -2.00. The molecule has 2 heterocycles. The zero-order chi connectivity index (χ0) is 12.7. The third-order valence-electron chi connectivity index (χ3n) is 3.13. The molecule has 0 fully saturated rings. The quantitative estimate of drug-likeness (QED) is 0.642. The predicted molar refractivity (Wildman–Crippen MR) is 71.0 cm³/mol. The van der Waals surface area contributed by atoms with Crippen LogP contribution in [0.1, 0.15) is 24.7 Å². The summed E-state index contributed by atoms with van der Waals surface area (Å²) in [6.07, 6.45) is 1.88. The SMILES string of the molecule is CCCc1cc(=O)oc2c1ccc1oc(C)cc12. The molecule has 1 aromatic carbocycles. The Morgan fingerprint density at radius 2 is 1.94 bits per heavy atom. The van der Waals surface area contributed by atoms with E-state index >= 15 is 0 Å². The second-order valence-corrected chi connectivity index (χ2v) is 4.55. The van der Waals surface area contributed by atoms with Gasteiger partial charge in [-0.25, -0.2) is 4.79 Å². The van der Waals surface area contributed by atoms with Crippen LogP contribution in [0.25, 0.3) is 21.9 Å². The van der Waals surface area contributed by atoms with Gasteiger partial charge in [-0.05, 0) is 37.1 Å². The number of rotatable bonds is 2. The minimum atomic E-state index is -0.294. The Hall–Kier alpha value is -2.03. The fraction of sp³-hybridized carbons (Fsp3) is 0.267. The number of furan rings is 1. The zero-order valence-corrected chi connectivity index (χ0v) is 10.4. The second-order valence-electron chi connectivity index (χ2n) is 4.55. The lowest BCUT2D eigenvalue weighted by Gasteiger charge is -2.03. The van der Waals surface area contributed by atoms with Crippen LogP contribution in [0.4, 0.5) is 0 Å². The molecule has 0 aliphatic rings. The molecule has 3 heteroatoms. The Kier molecular flexibility index (Phi) is 2.47. The van der Waals surface area contributed by atoms with Crippen molar-refractivity contribution in [2.45, 2.75) is 26.7 Å². The second kappa shape index (κ2) is 4.02. The number of hydrogen-bond acceptors (Lipinski definition) is 3. The van der Waals surface area contributed by atoms with Gasteiger partial charge in [0.15, 0.2) is 0 Å². The van der Waals surface area contributed by atoms with Gasteiger partial charge in [0.05, 0.1) is 5.39 Å². The monoisotopic (exact) mass is 242 g/mol. The highest BCUT2D eigenvalue weighted by molar-refractivity contribution is 6.03. The lowest BCUT2D eigenvalue weighted by molar-refractivity contribution is 0.560. The molecule has 0 N–H and O–H groups in total. The van der Waals surface area contributed by atoms with Gasteiger partial charge in [-0.1, -0.05) is 13.3 Å². The fourth-order valence-corrected chi connectivity index (χ4v) is 2.40. The summed E-state index contributed by atoms with van der Waals surface area (Å²) in [6, 6.07) is 7.40. The first-order valence-corrected chi connectivity index (χ1v) is 6.15. The first-order valence-electron chi connectivity index (χ1n) is 6.15. The summed E-state index contributed by atoms with van der Waals surface area (Å²) in [5, 5.41) is 1.88. The van der Waals surface area contributed by atoms with Crippen LogP contribution in [0.15, 0.2) is 37.9 Å². The molecule has 92 valence electrons. The van der Waals surface area contributed by atoms with E-state index in [0.29, 0.717) is 5.58 Å². The first kappa shape index (κ1) is 11.1. The Bertz CT molecular complexity index is 777. The molecule has 0 amide bonds. The molecule has 0 saturated carbocycles. The summed E-state index contributed by atoms with van der Waals surface area (Å²) in [5.41, 5.74) is 2.15. The van der Waals surface area contributed by atoms with Crippen LogP contribution in [-0.4, -0.2) is 0 Å². The van der Waals surface area contributed by atoms with E-state index in [-0.39, 0.29) is 5.63 Å². The van der Waals surface area contributed by atoms with Gasteiger partial charge in [0.2, 0.25) is 0 Å². The normalized spacial score (nSPS) is 11.4. The Labute approximate surface area is 104 Å². The van der Waals surface area contributed by atoms with Crippen molar-refractivity contribution >= 4 is 21.9 Å². The molecule has 0 radical (unpaired) electrons. The Balaban J connectivity index is 2.46. The Morgan fingerprint density at radius 1 is 1.11 bits per heavy atom. The smallest absolute Gasteiger partial charge is 0.336 e. The summed E-state index contributed by atoms with van der Waals surface area (Å²) in [7, 11) is 0. The molecular formula is C15H14O3. The van der Waals surface area contributed by atoms with Crippen molar-refractivity contribution in [2.24, 2.45) is 0 Å². The van der Waals surface area contributed by atoms with E-state index in [2.05, 4.69) is 6.92 Å².